The first-order chi connectivity index (χ1) is 5.19. The number of nitrogens with zero attached hydrogens (tertiary/aromatic N) is 1. The molecule has 0 saturated heterocycles. The van der Waals surface area contributed by atoms with Crippen molar-refractivity contribution in [1.82, 2.24) is 0 Å². The van der Waals surface area contributed by atoms with Crippen LogP contribution < -0.4 is 0 Å². The van der Waals surface area contributed by atoms with Gasteiger partial charge in [-0.2, -0.15) is 0 Å². The van der Waals surface area contributed by atoms with E-state index in [0.717, 1.165) is 5.71 Å². The average molecular weight is 185 g/mol. The van der Waals surface area contributed by atoms with Gasteiger partial charge in [0.15, 0.2) is 8.24 Å². The van der Waals surface area contributed by atoms with Gasteiger partial charge in [-0.05, 0) is 33.5 Å². The molecule has 0 bridgehead atoms. The Bertz CT molecular complexity index is 201. The summed E-state index contributed by atoms with van der Waals surface area (Å²) >= 11 is 0. The highest BCUT2D eigenvalue weighted by molar-refractivity contribution is 6.75. The van der Waals surface area contributed by atoms with E-state index in [0.29, 0.717) is 0 Å². The molecule has 70 valence electrons. The minimum absolute atomic E-state index is 0.761. The third-order valence-electron chi connectivity index (χ3n) is 1.63. The zero-order chi connectivity index (χ0) is 9.99. The lowest BCUT2D eigenvalue weighted by Crippen LogP contribution is -2.33. The second kappa shape index (κ2) is 3.54. The van der Waals surface area contributed by atoms with Crippen molar-refractivity contribution in [1.29, 1.82) is 0 Å². The average Bonchev–Trinajstić information content (AvgIpc) is 1.84. The first-order valence-corrected chi connectivity index (χ1v) is 7.56. The molecule has 3 heteroatoms. The van der Waals surface area contributed by atoms with Gasteiger partial charge in [-0.3, -0.25) is 0 Å². The van der Waals surface area contributed by atoms with Gasteiger partial charge < -0.3 is 9.76 Å². The molecular formula is C9H19NOSi. The van der Waals surface area contributed by atoms with Crippen LogP contribution in [0, 0.1) is 0 Å². The second-order valence-corrected chi connectivity index (χ2v) is 8.78. The van der Waals surface area contributed by atoms with E-state index in [4.69, 9.17) is 0 Å². The summed E-state index contributed by atoms with van der Waals surface area (Å²) in [6, 6.07) is 0. The van der Waals surface area contributed by atoms with Crippen LogP contribution in [0.5, 0.6) is 0 Å². The molecule has 2 nitrogen and oxygen atoms in total. The highest BCUT2D eigenvalue weighted by Crippen LogP contribution is 2.11. The van der Waals surface area contributed by atoms with E-state index in [-0.39, 0.29) is 0 Å². The minimum atomic E-state index is -1.47. The number of aliphatic hydroxyl groups is 1. The predicted octanol–water partition coefficient (Wildman–Crippen LogP) is 2.22. The minimum Gasteiger partial charge on any atom is -0.380 e. The van der Waals surface area contributed by atoms with Gasteiger partial charge in [-0.25, -0.2) is 0 Å². The number of hydrogen-bond donors (Lipinski definition) is 1. The van der Waals surface area contributed by atoms with Crippen molar-refractivity contribution in [3.05, 3.63) is 12.7 Å². The van der Waals surface area contributed by atoms with Gasteiger partial charge in [0.2, 0.25) is 0 Å². The lowest BCUT2D eigenvalue weighted by molar-refractivity contribution is 0.184. The van der Waals surface area contributed by atoms with E-state index in [1.807, 2.05) is 6.92 Å². The van der Waals surface area contributed by atoms with Crippen LogP contribution >= 0.6 is 0 Å². The van der Waals surface area contributed by atoms with Crippen LogP contribution in [-0.4, -0.2) is 24.7 Å². The topological polar surface area (TPSA) is 32.6 Å². The van der Waals surface area contributed by atoms with Crippen molar-refractivity contribution in [2.75, 3.05) is 0 Å². The summed E-state index contributed by atoms with van der Waals surface area (Å²) in [7, 11) is -1.47. The summed E-state index contributed by atoms with van der Waals surface area (Å²) in [4.78, 5) is 0. The molecule has 12 heavy (non-hydrogen) atoms. The Morgan fingerprint density at radius 3 is 2.17 bits per heavy atom. The molecule has 0 aliphatic carbocycles. The molecule has 0 spiro atoms. The van der Waals surface area contributed by atoms with E-state index < -0.39 is 13.8 Å². The highest BCUT2D eigenvalue weighted by Gasteiger charge is 2.22. The maximum Gasteiger partial charge on any atom is 0.172 e. The molecule has 0 amide bonds. The lowest BCUT2D eigenvalue weighted by Gasteiger charge is -2.21. The molecule has 0 aliphatic rings. The number of rotatable bonds is 3. The standard InChI is InChI=1S/C9H19NOSi/c1-7-9(3,11)8(2)10-12(4,5)6/h7,11H,1H2,2-6H3. The molecular weight excluding hydrogens is 166 g/mol. The summed E-state index contributed by atoms with van der Waals surface area (Å²) in [5.74, 6) is 0. The van der Waals surface area contributed by atoms with Crippen LogP contribution in [0.1, 0.15) is 13.8 Å². The Labute approximate surface area is 76.1 Å². The van der Waals surface area contributed by atoms with Crippen LogP contribution in [0.4, 0.5) is 0 Å². The van der Waals surface area contributed by atoms with Crippen LogP contribution in [-0.2, 0) is 0 Å². The molecule has 0 heterocycles. The fraction of sp³-hybridized carbons (Fsp3) is 0.667. The molecule has 0 aromatic rings. The van der Waals surface area contributed by atoms with Gasteiger partial charge in [0, 0.05) is 5.71 Å². The van der Waals surface area contributed by atoms with Gasteiger partial charge in [-0.15, -0.1) is 0 Å². The van der Waals surface area contributed by atoms with Gasteiger partial charge >= 0.3 is 0 Å². The molecule has 0 radical (unpaired) electrons. The SMILES string of the molecule is C=CC(C)(O)C(C)=N[Si](C)(C)C. The van der Waals surface area contributed by atoms with Gasteiger partial charge in [0.05, 0.1) is 0 Å². The first-order valence-electron chi connectivity index (χ1n) is 4.12. The largest absolute Gasteiger partial charge is 0.380 e. The molecule has 0 aromatic heterocycles. The summed E-state index contributed by atoms with van der Waals surface area (Å²) in [5, 5.41) is 9.73. The predicted molar refractivity (Wildman–Crippen MR) is 57.3 cm³/mol. The van der Waals surface area contributed by atoms with E-state index in [1.165, 1.54) is 6.08 Å². The maximum atomic E-state index is 9.73. The fourth-order valence-electron chi connectivity index (χ4n) is 0.764. The Morgan fingerprint density at radius 1 is 1.50 bits per heavy atom. The van der Waals surface area contributed by atoms with E-state index in [9.17, 15) is 5.11 Å². The van der Waals surface area contributed by atoms with E-state index >= 15 is 0 Å². The molecule has 0 rings (SSSR count). The maximum absolute atomic E-state index is 9.73. The normalized spacial score (nSPS) is 18.7. The third-order valence-corrected chi connectivity index (χ3v) is 2.64. The molecule has 1 atom stereocenters. The second-order valence-electron chi connectivity index (χ2n) is 4.22. The highest BCUT2D eigenvalue weighted by atomic mass is 28.3. The van der Waals surface area contributed by atoms with Crippen LogP contribution in [0.3, 0.4) is 0 Å². The van der Waals surface area contributed by atoms with E-state index in [2.05, 4.69) is 30.9 Å². The molecule has 0 fully saturated rings. The lowest BCUT2D eigenvalue weighted by atomic mass is 10.0. The van der Waals surface area contributed by atoms with Crippen molar-refractivity contribution < 1.29 is 5.11 Å². The van der Waals surface area contributed by atoms with Crippen molar-refractivity contribution in [2.45, 2.75) is 39.1 Å². The van der Waals surface area contributed by atoms with Crippen LogP contribution in [0.15, 0.2) is 17.3 Å². The molecule has 0 saturated carbocycles. The Balaban J connectivity index is 4.70. The molecule has 1 unspecified atom stereocenters. The van der Waals surface area contributed by atoms with Crippen molar-refractivity contribution >= 4 is 13.9 Å². The fourth-order valence-corrected chi connectivity index (χ4v) is 2.00. The summed E-state index contributed by atoms with van der Waals surface area (Å²) < 4.78 is 4.49. The third kappa shape index (κ3) is 3.83. The summed E-state index contributed by atoms with van der Waals surface area (Å²) in [6.45, 7) is 13.5. The molecule has 1 N–H and O–H groups in total. The van der Waals surface area contributed by atoms with Crippen molar-refractivity contribution in [3.8, 4) is 0 Å². The first kappa shape index (κ1) is 11.6. The molecule has 0 aromatic carbocycles. The Kier molecular flexibility index (Phi) is 3.41. The van der Waals surface area contributed by atoms with E-state index in [1.54, 1.807) is 6.92 Å². The summed E-state index contributed by atoms with van der Waals surface area (Å²) in [6.07, 6.45) is 1.52. The summed E-state index contributed by atoms with van der Waals surface area (Å²) in [5.41, 5.74) is -0.183. The quantitative estimate of drug-likeness (QED) is 0.408. The van der Waals surface area contributed by atoms with Crippen molar-refractivity contribution in [3.63, 3.8) is 0 Å². The zero-order valence-corrected chi connectivity index (χ0v) is 9.68. The Morgan fingerprint density at radius 2 is 1.92 bits per heavy atom. The monoisotopic (exact) mass is 185 g/mol. The van der Waals surface area contributed by atoms with Gasteiger partial charge in [0.25, 0.3) is 0 Å². The Hall–Kier alpha value is -0.413. The van der Waals surface area contributed by atoms with Crippen LogP contribution in [0.25, 0.3) is 0 Å². The zero-order valence-electron chi connectivity index (χ0n) is 8.68. The number of hydrogen-bond acceptors (Lipinski definition) is 2. The van der Waals surface area contributed by atoms with Gasteiger partial charge in [-0.1, -0.05) is 12.7 Å². The van der Waals surface area contributed by atoms with Crippen LogP contribution in [0.2, 0.25) is 19.6 Å². The van der Waals surface area contributed by atoms with Crippen molar-refractivity contribution in [2.24, 2.45) is 4.66 Å². The van der Waals surface area contributed by atoms with Gasteiger partial charge in [0.1, 0.15) is 5.60 Å². The smallest absolute Gasteiger partial charge is 0.172 e. The molecule has 0 aliphatic heterocycles.